The lowest BCUT2D eigenvalue weighted by Gasteiger charge is -2.17. The first-order chi connectivity index (χ1) is 14.3. The number of hydrogen-bond acceptors (Lipinski definition) is 5. The summed E-state index contributed by atoms with van der Waals surface area (Å²) < 4.78 is 33.7. The van der Waals surface area contributed by atoms with Gasteiger partial charge in [0.1, 0.15) is 11.8 Å². The Bertz CT molecular complexity index is 1220. The molecule has 30 heavy (non-hydrogen) atoms. The van der Waals surface area contributed by atoms with Gasteiger partial charge in [-0.2, -0.15) is 5.10 Å². The number of rotatable bonds is 5. The van der Waals surface area contributed by atoms with E-state index in [0.29, 0.717) is 29.1 Å². The van der Waals surface area contributed by atoms with Crippen molar-refractivity contribution in [2.45, 2.75) is 31.2 Å². The van der Waals surface area contributed by atoms with Crippen molar-refractivity contribution in [3.8, 4) is 0 Å². The molecule has 1 N–H and O–H groups in total. The van der Waals surface area contributed by atoms with E-state index >= 15 is 0 Å². The average molecular weight is 423 g/mol. The largest absolute Gasteiger partial charge is 0.467 e. The number of carbonyl (C=O) groups is 1. The molecule has 0 unspecified atom stereocenters. The van der Waals surface area contributed by atoms with Crippen molar-refractivity contribution in [1.29, 1.82) is 0 Å². The molecule has 0 aliphatic carbocycles. The molecule has 8 heteroatoms. The van der Waals surface area contributed by atoms with E-state index in [1.165, 1.54) is 11.9 Å². The van der Waals surface area contributed by atoms with Crippen LogP contribution in [0.2, 0.25) is 0 Å². The second kappa shape index (κ2) is 7.79. The first kappa shape index (κ1) is 19.9. The molecule has 2 aromatic carbocycles. The highest BCUT2D eigenvalue weighted by Gasteiger charge is 2.33. The average Bonchev–Trinajstić information content (AvgIpc) is 3.38. The van der Waals surface area contributed by atoms with Gasteiger partial charge in [0.15, 0.2) is 0 Å². The summed E-state index contributed by atoms with van der Waals surface area (Å²) in [7, 11) is -3.72. The van der Waals surface area contributed by atoms with Crippen LogP contribution in [-0.2, 0) is 14.8 Å². The Morgan fingerprint density at radius 3 is 2.63 bits per heavy atom. The maximum atomic E-state index is 12.8. The van der Waals surface area contributed by atoms with Crippen LogP contribution in [0.25, 0.3) is 0 Å². The number of sulfonamides is 1. The van der Waals surface area contributed by atoms with Crippen molar-refractivity contribution in [1.82, 2.24) is 5.01 Å². The normalized spacial score (nSPS) is 16.4. The Kier molecular flexibility index (Phi) is 5.17. The topological polar surface area (TPSA) is 92.0 Å². The molecule has 3 aromatic rings. The Morgan fingerprint density at radius 1 is 1.13 bits per heavy atom. The van der Waals surface area contributed by atoms with Crippen LogP contribution < -0.4 is 4.72 Å². The number of nitrogens with zero attached hydrogens (tertiary/aromatic N) is 2. The van der Waals surface area contributed by atoms with E-state index in [1.54, 1.807) is 61.7 Å². The first-order valence-corrected chi connectivity index (χ1v) is 10.9. The van der Waals surface area contributed by atoms with Crippen LogP contribution in [0.4, 0.5) is 5.69 Å². The highest BCUT2D eigenvalue weighted by molar-refractivity contribution is 7.92. The van der Waals surface area contributed by atoms with Gasteiger partial charge in [-0.15, -0.1) is 0 Å². The van der Waals surface area contributed by atoms with E-state index in [4.69, 9.17) is 4.42 Å². The number of anilines is 1. The SMILES string of the molecule is CC(=O)N1N=C(c2cccc(NS(=O)(=O)c3ccccc3C)c2)C[C@@H]1c1ccco1. The van der Waals surface area contributed by atoms with Crippen LogP contribution in [0.5, 0.6) is 0 Å². The highest BCUT2D eigenvalue weighted by Crippen LogP contribution is 2.33. The summed E-state index contributed by atoms with van der Waals surface area (Å²) in [6, 6.07) is 17.1. The van der Waals surface area contributed by atoms with E-state index in [-0.39, 0.29) is 16.8 Å². The molecule has 1 atom stereocenters. The Labute approximate surface area is 175 Å². The maximum absolute atomic E-state index is 12.8. The van der Waals surface area contributed by atoms with Gasteiger partial charge < -0.3 is 4.42 Å². The third-order valence-corrected chi connectivity index (χ3v) is 6.48. The fraction of sp³-hybridized carbons (Fsp3) is 0.182. The van der Waals surface area contributed by atoms with Crippen molar-refractivity contribution in [2.75, 3.05) is 4.72 Å². The van der Waals surface area contributed by atoms with E-state index in [9.17, 15) is 13.2 Å². The monoisotopic (exact) mass is 423 g/mol. The summed E-state index contributed by atoms with van der Waals surface area (Å²) in [5.41, 5.74) is 2.51. The molecule has 1 aliphatic heterocycles. The molecule has 0 bridgehead atoms. The molecule has 0 spiro atoms. The minimum atomic E-state index is -3.72. The number of hydrogen-bond donors (Lipinski definition) is 1. The zero-order valence-corrected chi connectivity index (χ0v) is 17.4. The number of aryl methyl sites for hydroxylation is 1. The number of amides is 1. The van der Waals surface area contributed by atoms with Crippen molar-refractivity contribution >= 4 is 27.3 Å². The summed E-state index contributed by atoms with van der Waals surface area (Å²) in [5, 5.41) is 5.87. The maximum Gasteiger partial charge on any atom is 0.262 e. The molecule has 0 saturated heterocycles. The fourth-order valence-electron chi connectivity index (χ4n) is 3.51. The Morgan fingerprint density at radius 2 is 1.93 bits per heavy atom. The summed E-state index contributed by atoms with van der Waals surface area (Å²) in [4.78, 5) is 12.3. The van der Waals surface area contributed by atoms with Gasteiger partial charge in [0.25, 0.3) is 10.0 Å². The van der Waals surface area contributed by atoms with Crippen LogP contribution in [0.1, 0.15) is 36.3 Å². The Hall–Kier alpha value is -3.39. The standard InChI is InChI=1S/C22H21N3O4S/c1-15-7-3-4-11-22(15)30(27,28)24-18-9-5-8-17(13-18)19-14-20(21-10-6-12-29-21)25(23-19)16(2)26/h3-13,20,24H,14H2,1-2H3/t20-/m1/s1. The highest BCUT2D eigenvalue weighted by atomic mass is 32.2. The lowest BCUT2D eigenvalue weighted by Crippen LogP contribution is -2.23. The second-order valence-corrected chi connectivity index (χ2v) is 8.75. The summed E-state index contributed by atoms with van der Waals surface area (Å²) >= 11 is 0. The number of hydrazone groups is 1. The molecule has 1 amide bonds. The Balaban J connectivity index is 1.62. The minimum Gasteiger partial charge on any atom is -0.467 e. The van der Waals surface area contributed by atoms with Crippen LogP contribution >= 0.6 is 0 Å². The van der Waals surface area contributed by atoms with Crippen molar-refractivity contribution < 1.29 is 17.6 Å². The minimum absolute atomic E-state index is 0.192. The molecule has 0 saturated carbocycles. The number of nitrogens with one attached hydrogen (secondary N) is 1. The van der Waals surface area contributed by atoms with Crippen molar-refractivity contribution in [3.05, 3.63) is 83.8 Å². The molecule has 7 nitrogen and oxygen atoms in total. The van der Waals surface area contributed by atoms with Gasteiger partial charge in [0, 0.05) is 19.0 Å². The summed E-state index contributed by atoms with van der Waals surface area (Å²) in [6.07, 6.45) is 2.04. The van der Waals surface area contributed by atoms with Gasteiger partial charge >= 0.3 is 0 Å². The zero-order chi connectivity index (χ0) is 21.3. The van der Waals surface area contributed by atoms with Gasteiger partial charge in [-0.05, 0) is 48.4 Å². The predicted molar refractivity (Wildman–Crippen MR) is 114 cm³/mol. The van der Waals surface area contributed by atoms with Crippen LogP contribution in [-0.4, -0.2) is 25.0 Å². The molecule has 4 rings (SSSR count). The molecular weight excluding hydrogens is 402 g/mol. The number of carbonyl (C=O) groups excluding carboxylic acids is 1. The molecule has 1 aromatic heterocycles. The van der Waals surface area contributed by atoms with Gasteiger partial charge in [0.2, 0.25) is 5.91 Å². The van der Waals surface area contributed by atoms with Gasteiger partial charge in [-0.1, -0.05) is 30.3 Å². The molecule has 0 radical (unpaired) electrons. The molecule has 0 fully saturated rings. The van der Waals surface area contributed by atoms with E-state index in [2.05, 4.69) is 9.82 Å². The molecule has 1 aliphatic rings. The first-order valence-electron chi connectivity index (χ1n) is 9.45. The lowest BCUT2D eigenvalue weighted by molar-refractivity contribution is -0.130. The van der Waals surface area contributed by atoms with Crippen molar-refractivity contribution in [2.24, 2.45) is 5.10 Å². The van der Waals surface area contributed by atoms with E-state index in [1.807, 2.05) is 12.1 Å². The third kappa shape index (κ3) is 3.86. The second-order valence-electron chi connectivity index (χ2n) is 7.10. The van der Waals surface area contributed by atoms with Gasteiger partial charge in [-0.25, -0.2) is 13.4 Å². The number of furan rings is 1. The van der Waals surface area contributed by atoms with Gasteiger partial charge in [0.05, 0.1) is 16.9 Å². The van der Waals surface area contributed by atoms with E-state index < -0.39 is 10.0 Å². The summed E-state index contributed by atoms with van der Waals surface area (Å²) in [5.74, 6) is 0.461. The van der Waals surface area contributed by atoms with Crippen LogP contribution in [0.3, 0.4) is 0 Å². The van der Waals surface area contributed by atoms with Crippen LogP contribution in [0, 0.1) is 6.92 Å². The molecule has 2 heterocycles. The molecular formula is C22H21N3O4S. The quantitative estimate of drug-likeness (QED) is 0.669. The zero-order valence-electron chi connectivity index (χ0n) is 16.6. The number of benzene rings is 2. The van der Waals surface area contributed by atoms with Crippen LogP contribution in [0.15, 0.2) is 81.3 Å². The lowest BCUT2D eigenvalue weighted by atomic mass is 10.0. The van der Waals surface area contributed by atoms with Gasteiger partial charge in [-0.3, -0.25) is 9.52 Å². The smallest absolute Gasteiger partial charge is 0.262 e. The summed E-state index contributed by atoms with van der Waals surface area (Å²) in [6.45, 7) is 3.21. The predicted octanol–water partition coefficient (Wildman–Crippen LogP) is 4.09. The van der Waals surface area contributed by atoms with Crippen molar-refractivity contribution in [3.63, 3.8) is 0 Å². The molecule has 154 valence electrons. The third-order valence-electron chi connectivity index (χ3n) is 4.94. The fourth-order valence-corrected chi connectivity index (χ4v) is 4.80. The van der Waals surface area contributed by atoms with E-state index in [0.717, 1.165) is 5.56 Å².